The fourth-order valence-electron chi connectivity index (χ4n) is 10.6. The Kier molecular flexibility index (Phi) is 43.3. The number of nitrogens with zero attached hydrogens (tertiary/aromatic N) is 12. The zero-order valence-corrected chi connectivity index (χ0v) is 54.2. The predicted octanol–water partition coefficient (Wildman–Crippen LogP) is 18.1. The maximum atomic E-state index is 7.02. The van der Waals surface area contributed by atoms with Crippen molar-refractivity contribution in [2.45, 2.75) is 240 Å². The molecule has 0 spiro atoms. The third kappa shape index (κ3) is 20.6. The van der Waals surface area contributed by atoms with Crippen LogP contribution >= 0.6 is 30.9 Å². The Morgan fingerprint density at radius 2 is 0.271 bits per heavy atom. The first-order valence-corrected chi connectivity index (χ1v) is 36.4. The van der Waals surface area contributed by atoms with E-state index in [4.69, 9.17) is 13.5 Å². The summed E-state index contributed by atoms with van der Waals surface area (Å²) >= 11 is 0. The topological polar surface area (TPSA) is 66.2 Å². The second-order valence-corrected chi connectivity index (χ2v) is 30.7. The van der Waals surface area contributed by atoms with Crippen LogP contribution in [-0.2, 0) is 0 Å². The van der Waals surface area contributed by atoms with Crippen LogP contribution in [-0.4, -0.2) is 160 Å². The first-order valence-electron chi connectivity index (χ1n) is 30.4. The summed E-state index contributed by atoms with van der Waals surface area (Å²) in [5.41, 5.74) is 0. The molecule has 12 nitrogen and oxygen atoms in total. The smallest absolute Gasteiger partial charge is 0.246 e. The van der Waals surface area contributed by atoms with Crippen LogP contribution in [0.2, 0.25) is 0 Å². The van der Waals surface area contributed by atoms with E-state index >= 15 is 0 Å². The van der Waals surface area contributed by atoms with Gasteiger partial charge < -0.3 is 0 Å². The van der Waals surface area contributed by atoms with Crippen molar-refractivity contribution >= 4 is 30.9 Å². The fourth-order valence-corrected chi connectivity index (χ4v) is 30.3. The molecule has 16 heteroatoms. The molecule has 0 aliphatic rings. The van der Waals surface area contributed by atoms with Gasteiger partial charge in [0.05, 0.1) is 0 Å². The van der Waals surface area contributed by atoms with Crippen molar-refractivity contribution in [1.29, 1.82) is 0 Å². The highest BCUT2D eigenvalue weighted by Gasteiger charge is 2.46. The van der Waals surface area contributed by atoms with Crippen LogP contribution in [0.3, 0.4) is 0 Å². The Bertz CT molecular complexity index is 1050. The van der Waals surface area contributed by atoms with Crippen LogP contribution in [0.25, 0.3) is 0 Å². The molecular formula is C54H126N12P4. The molecule has 0 bridgehead atoms. The molecule has 0 aromatic rings. The second kappa shape index (κ2) is 42.8. The van der Waals surface area contributed by atoms with Crippen molar-refractivity contribution in [2.24, 2.45) is 13.5 Å². The van der Waals surface area contributed by atoms with Gasteiger partial charge in [-0.05, 0) is 116 Å². The van der Waals surface area contributed by atoms with Gasteiger partial charge in [0.2, 0.25) is 0 Å². The van der Waals surface area contributed by atoms with E-state index in [1.807, 2.05) is 0 Å². The molecule has 0 N–H and O–H groups in total. The average molecular weight is 1070 g/mol. The van der Waals surface area contributed by atoms with E-state index in [1.165, 1.54) is 0 Å². The van der Waals surface area contributed by atoms with Crippen molar-refractivity contribution in [3.8, 4) is 0 Å². The SMILES string of the molecule is CCCN(CCC)P(=NP(N=P(N(CCC)CCC)(N(CCC)CCC)N(CCC)CCC)N=P(N(CCC)CCC)(N(CCC)CCC)N(CCC)CCC)(N(CCC)CCC)N(CCC)CCC. The molecule has 0 saturated carbocycles. The normalized spacial score (nSPS) is 13.2. The van der Waals surface area contributed by atoms with E-state index in [0.29, 0.717) is 0 Å². The molecule has 0 aliphatic heterocycles. The van der Waals surface area contributed by atoms with E-state index in [9.17, 15) is 0 Å². The third-order valence-corrected chi connectivity index (χ3v) is 27.9. The molecule has 0 aromatic carbocycles. The summed E-state index contributed by atoms with van der Waals surface area (Å²) in [6.07, 6.45) is 20.0. The zero-order valence-electron chi connectivity index (χ0n) is 50.6. The van der Waals surface area contributed by atoms with E-state index in [-0.39, 0.29) is 0 Å². The zero-order chi connectivity index (χ0) is 52.9. The van der Waals surface area contributed by atoms with Gasteiger partial charge in [0.15, 0.2) is 22.5 Å². The van der Waals surface area contributed by atoms with Crippen LogP contribution in [0.15, 0.2) is 13.5 Å². The number of hydrogen-bond acceptors (Lipinski definition) is 3. The molecule has 0 atom stereocenters. The van der Waals surface area contributed by atoms with Gasteiger partial charge in [0.1, 0.15) is 0 Å². The molecule has 0 rings (SSSR count). The van der Waals surface area contributed by atoms with E-state index in [2.05, 4.69) is 167 Å². The van der Waals surface area contributed by atoms with Crippen LogP contribution < -0.4 is 0 Å². The molecular weight excluding hydrogens is 941 g/mol. The van der Waals surface area contributed by atoms with E-state index in [1.54, 1.807) is 0 Å². The monoisotopic (exact) mass is 1070 g/mol. The molecule has 70 heavy (non-hydrogen) atoms. The maximum absolute atomic E-state index is 7.02. The molecule has 422 valence electrons. The van der Waals surface area contributed by atoms with Crippen molar-refractivity contribution < 1.29 is 0 Å². The summed E-state index contributed by atoms with van der Waals surface area (Å²) in [5.74, 6) is 0. The van der Waals surface area contributed by atoms with Gasteiger partial charge in [0, 0.05) is 118 Å². The van der Waals surface area contributed by atoms with Gasteiger partial charge in [-0.2, -0.15) is 13.5 Å². The van der Waals surface area contributed by atoms with Crippen molar-refractivity contribution in [1.82, 2.24) is 42.0 Å². The molecule has 0 amide bonds. The summed E-state index contributed by atoms with van der Waals surface area (Å²) in [4.78, 5) is 0. The Morgan fingerprint density at radius 3 is 0.343 bits per heavy atom. The summed E-state index contributed by atoms with van der Waals surface area (Å²) < 4.78 is 47.8. The highest BCUT2D eigenvalue weighted by Crippen LogP contribution is 2.76. The van der Waals surface area contributed by atoms with Gasteiger partial charge >= 0.3 is 0 Å². The molecule has 0 saturated heterocycles. The highest BCUT2D eigenvalue weighted by atomic mass is 31.2. The van der Waals surface area contributed by atoms with E-state index < -0.39 is 30.9 Å². The van der Waals surface area contributed by atoms with Crippen LogP contribution in [0.5, 0.6) is 0 Å². The lowest BCUT2D eigenvalue weighted by atomic mass is 10.4. The van der Waals surface area contributed by atoms with Gasteiger partial charge in [-0.3, -0.25) is 0 Å². The van der Waals surface area contributed by atoms with Gasteiger partial charge in [-0.1, -0.05) is 125 Å². The second-order valence-electron chi connectivity index (χ2n) is 19.7. The molecule has 0 fully saturated rings. The minimum atomic E-state index is -2.63. The molecule has 0 unspecified atom stereocenters. The Morgan fingerprint density at radius 1 is 0.186 bits per heavy atom. The largest absolute Gasteiger partial charge is 0.274 e. The molecule has 0 heterocycles. The first-order chi connectivity index (χ1) is 34.0. The van der Waals surface area contributed by atoms with Crippen LogP contribution in [0.1, 0.15) is 240 Å². The highest BCUT2D eigenvalue weighted by molar-refractivity contribution is 7.76. The van der Waals surface area contributed by atoms with Gasteiger partial charge in [0.25, 0.3) is 8.37 Å². The fraction of sp³-hybridized carbons (Fsp3) is 1.00. The van der Waals surface area contributed by atoms with Gasteiger partial charge in [-0.25, -0.2) is 42.0 Å². The lowest BCUT2D eigenvalue weighted by Gasteiger charge is -2.52. The average Bonchev–Trinajstić information content (AvgIpc) is 3.33. The summed E-state index contributed by atoms with van der Waals surface area (Å²) in [6.45, 7) is 62.3. The Balaban J connectivity index is 11.4. The predicted molar refractivity (Wildman–Crippen MR) is 324 cm³/mol. The summed E-state index contributed by atoms with van der Waals surface area (Å²) in [5, 5.41) is 0. The lowest BCUT2D eigenvalue weighted by molar-refractivity contribution is 0.302. The van der Waals surface area contributed by atoms with Gasteiger partial charge in [-0.15, -0.1) is 0 Å². The lowest BCUT2D eigenvalue weighted by Crippen LogP contribution is -2.44. The molecule has 0 radical (unpaired) electrons. The molecule has 0 aromatic heterocycles. The maximum Gasteiger partial charge on any atom is 0.274 e. The summed E-state index contributed by atoms with van der Waals surface area (Å²) in [6, 6.07) is 0. The van der Waals surface area contributed by atoms with Crippen LogP contribution in [0, 0.1) is 0 Å². The quantitative estimate of drug-likeness (QED) is 0.0554. The van der Waals surface area contributed by atoms with Crippen molar-refractivity contribution in [3.63, 3.8) is 0 Å². The Labute approximate surface area is 442 Å². The minimum absolute atomic E-state index is 1.05. The first kappa shape index (κ1) is 70.8. The summed E-state index contributed by atoms with van der Waals surface area (Å²) in [7, 11) is -9.55. The third-order valence-electron chi connectivity index (χ3n) is 12.7. The molecule has 0 aliphatic carbocycles. The van der Waals surface area contributed by atoms with Crippen LogP contribution in [0.4, 0.5) is 0 Å². The number of rotatable bonds is 48. The van der Waals surface area contributed by atoms with Crippen molar-refractivity contribution in [2.75, 3.05) is 118 Å². The standard InChI is InChI=1S/C54H126N12P4/c1-19-37-58(38-20-2)68(59(39-21-3)40-22-4,60(41-23-5)42-24-6)55-67(56-69(61(43-25-7)44-26-8,62(45-27-9)46-28-10)63(47-29-11)48-30-12)57-70(64(49-31-13)50-32-14,65(51-33-15)52-34-16)66(53-35-17)54-36-18/h19-54H2,1-18H3. The van der Waals surface area contributed by atoms with Crippen molar-refractivity contribution in [3.05, 3.63) is 0 Å². The van der Waals surface area contributed by atoms with E-state index in [0.717, 1.165) is 233 Å². The number of hydrogen-bond donors (Lipinski definition) is 0. The Hall–Kier alpha value is 0.760. The minimum Gasteiger partial charge on any atom is -0.246 e.